The highest BCUT2D eigenvalue weighted by atomic mass is 15.2. The van der Waals surface area contributed by atoms with Crippen molar-refractivity contribution in [2.45, 2.75) is 33.0 Å². The van der Waals surface area contributed by atoms with Crippen LogP contribution in [0.25, 0.3) is 10.9 Å². The summed E-state index contributed by atoms with van der Waals surface area (Å²) in [5.41, 5.74) is 9.78. The first-order chi connectivity index (χ1) is 10.2. The zero-order chi connectivity index (χ0) is 14.8. The summed E-state index contributed by atoms with van der Waals surface area (Å²) in [5, 5.41) is 4.78. The quantitative estimate of drug-likeness (QED) is 0.904. The largest absolute Gasteiger partial charge is 0.345 e. The van der Waals surface area contributed by atoms with E-state index in [9.17, 15) is 0 Å². The first-order valence-corrected chi connectivity index (χ1v) is 7.94. The molecule has 3 N–H and O–H groups in total. The van der Waals surface area contributed by atoms with Crippen LogP contribution in [0.4, 0.5) is 0 Å². The van der Waals surface area contributed by atoms with Gasteiger partial charge in [0.1, 0.15) is 0 Å². The number of nitrogens with zero attached hydrogens (tertiary/aromatic N) is 2. The number of hydrogen-bond acceptors (Lipinski definition) is 3. The minimum Gasteiger partial charge on any atom is -0.345 e. The summed E-state index contributed by atoms with van der Waals surface area (Å²) < 4.78 is 2.38. The molecule has 3 rings (SSSR count). The van der Waals surface area contributed by atoms with Crippen LogP contribution in [0.5, 0.6) is 0 Å². The van der Waals surface area contributed by atoms with Crippen molar-refractivity contribution in [2.24, 2.45) is 5.73 Å². The number of rotatable bonds is 4. The zero-order valence-electron chi connectivity index (χ0n) is 13.1. The summed E-state index contributed by atoms with van der Waals surface area (Å²) in [7, 11) is 0. The molecule has 2 aromatic rings. The first-order valence-electron chi connectivity index (χ1n) is 7.94. The maximum Gasteiger partial charge on any atom is 0.0486 e. The Morgan fingerprint density at radius 1 is 1.24 bits per heavy atom. The van der Waals surface area contributed by atoms with Gasteiger partial charge in [-0.05, 0) is 37.1 Å². The third-order valence-corrected chi connectivity index (χ3v) is 4.38. The van der Waals surface area contributed by atoms with Crippen LogP contribution in [-0.2, 0) is 13.1 Å². The SMILES string of the molecule is CC(C)n1cc(CN2CCNCC2)c2cc(CN)ccc21. The van der Waals surface area contributed by atoms with Crippen LogP contribution < -0.4 is 11.1 Å². The van der Waals surface area contributed by atoms with Gasteiger partial charge in [0.15, 0.2) is 0 Å². The molecule has 0 unspecified atom stereocenters. The lowest BCUT2D eigenvalue weighted by atomic mass is 10.1. The van der Waals surface area contributed by atoms with E-state index in [-0.39, 0.29) is 0 Å². The zero-order valence-corrected chi connectivity index (χ0v) is 13.1. The molecule has 1 aliphatic rings. The molecule has 1 fully saturated rings. The van der Waals surface area contributed by atoms with Crippen molar-refractivity contribution < 1.29 is 0 Å². The van der Waals surface area contributed by atoms with Gasteiger partial charge in [-0.2, -0.15) is 0 Å². The van der Waals surface area contributed by atoms with E-state index in [0.717, 1.165) is 32.7 Å². The lowest BCUT2D eigenvalue weighted by molar-refractivity contribution is 0.234. The van der Waals surface area contributed by atoms with Gasteiger partial charge in [0.25, 0.3) is 0 Å². The van der Waals surface area contributed by atoms with Crippen molar-refractivity contribution in [3.8, 4) is 0 Å². The van der Waals surface area contributed by atoms with Crippen molar-refractivity contribution in [3.05, 3.63) is 35.5 Å². The second-order valence-electron chi connectivity index (χ2n) is 6.24. The van der Waals surface area contributed by atoms with Crippen LogP contribution in [-0.4, -0.2) is 35.6 Å². The molecule has 21 heavy (non-hydrogen) atoms. The molecule has 114 valence electrons. The molecule has 0 aliphatic carbocycles. The molecule has 0 spiro atoms. The number of piperazine rings is 1. The average Bonchev–Trinajstić information content (AvgIpc) is 2.86. The van der Waals surface area contributed by atoms with Gasteiger partial charge in [-0.1, -0.05) is 6.07 Å². The summed E-state index contributed by atoms with van der Waals surface area (Å²) in [6.07, 6.45) is 2.33. The molecule has 1 saturated heterocycles. The minimum absolute atomic E-state index is 0.480. The number of aromatic nitrogens is 1. The predicted octanol–water partition coefficient (Wildman–Crippen LogP) is 2.09. The molecule has 1 aliphatic heterocycles. The van der Waals surface area contributed by atoms with E-state index in [2.05, 4.69) is 53.0 Å². The Kier molecular flexibility index (Phi) is 4.29. The van der Waals surface area contributed by atoms with Crippen LogP contribution in [0.15, 0.2) is 24.4 Å². The van der Waals surface area contributed by atoms with Gasteiger partial charge in [-0.25, -0.2) is 0 Å². The van der Waals surface area contributed by atoms with Gasteiger partial charge in [0.2, 0.25) is 0 Å². The average molecular weight is 286 g/mol. The van der Waals surface area contributed by atoms with E-state index < -0.39 is 0 Å². The van der Waals surface area contributed by atoms with E-state index in [1.807, 2.05) is 0 Å². The minimum atomic E-state index is 0.480. The standard InChI is InChI=1S/C17H26N4/c1-13(2)21-12-15(11-20-7-5-19-6-8-20)16-9-14(10-18)3-4-17(16)21/h3-4,9,12-13,19H,5-8,10-11,18H2,1-2H3. The molecule has 2 heterocycles. The van der Waals surface area contributed by atoms with Crippen LogP contribution >= 0.6 is 0 Å². The first kappa shape index (κ1) is 14.6. The van der Waals surface area contributed by atoms with E-state index in [4.69, 9.17) is 5.73 Å². The highest BCUT2D eigenvalue weighted by Gasteiger charge is 2.15. The fraction of sp³-hybridized carbons (Fsp3) is 0.529. The highest BCUT2D eigenvalue weighted by Crippen LogP contribution is 2.27. The van der Waals surface area contributed by atoms with E-state index in [0.29, 0.717) is 12.6 Å². The van der Waals surface area contributed by atoms with E-state index in [1.54, 1.807) is 0 Å². The summed E-state index contributed by atoms with van der Waals surface area (Å²) in [4.78, 5) is 2.53. The van der Waals surface area contributed by atoms with Gasteiger partial charge >= 0.3 is 0 Å². The number of nitrogens with one attached hydrogen (secondary N) is 1. The summed E-state index contributed by atoms with van der Waals surface area (Å²) >= 11 is 0. The predicted molar refractivity (Wildman–Crippen MR) is 88.4 cm³/mol. The second kappa shape index (κ2) is 6.18. The molecular formula is C17H26N4. The Morgan fingerprint density at radius 2 is 2.00 bits per heavy atom. The van der Waals surface area contributed by atoms with Gasteiger partial charge in [-0.15, -0.1) is 0 Å². The second-order valence-corrected chi connectivity index (χ2v) is 6.24. The van der Waals surface area contributed by atoms with Crippen LogP contribution in [0, 0.1) is 0 Å². The molecule has 4 nitrogen and oxygen atoms in total. The van der Waals surface area contributed by atoms with Gasteiger partial charge in [0.05, 0.1) is 0 Å². The van der Waals surface area contributed by atoms with Crippen molar-refractivity contribution in [2.75, 3.05) is 26.2 Å². The Balaban J connectivity index is 1.98. The Labute approximate surface area is 126 Å². The van der Waals surface area contributed by atoms with Crippen molar-refractivity contribution in [3.63, 3.8) is 0 Å². The van der Waals surface area contributed by atoms with Crippen molar-refractivity contribution >= 4 is 10.9 Å². The topological polar surface area (TPSA) is 46.2 Å². The number of fused-ring (bicyclic) bond motifs is 1. The maximum absolute atomic E-state index is 5.82. The Bertz CT molecular complexity index is 609. The third kappa shape index (κ3) is 2.98. The van der Waals surface area contributed by atoms with Gasteiger partial charge in [-0.3, -0.25) is 4.90 Å². The lowest BCUT2D eigenvalue weighted by Crippen LogP contribution is -2.42. The van der Waals surface area contributed by atoms with Crippen molar-refractivity contribution in [1.29, 1.82) is 0 Å². The fourth-order valence-electron chi connectivity index (χ4n) is 3.16. The summed E-state index contributed by atoms with van der Waals surface area (Å²) in [5.74, 6) is 0. The highest BCUT2D eigenvalue weighted by molar-refractivity contribution is 5.85. The van der Waals surface area contributed by atoms with Crippen LogP contribution in [0.2, 0.25) is 0 Å². The monoisotopic (exact) mass is 286 g/mol. The van der Waals surface area contributed by atoms with Crippen LogP contribution in [0.1, 0.15) is 31.0 Å². The summed E-state index contributed by atoms with van der Waals surface area (Å²) in [6.45, 7) is 10.6. The van der Waals surface area contributed by atoms with Gasteiger partial charge in [0, 0.05) is 62.4 Å². The number of nitrogens with two attached hydrogens (primary N) is 1. The molecule has 0 amide bonds. The van der Waals surface area contributed by atoms with E-state index in [1.165, 1.54) is 22.0 Å². The third-order valence-electron chi connectivity index (χ3n) is 4.38. The lowest BCUT2D eigenvalue weighted by Gasteiger charge is -2.26. The molecule has 0 saturated carbocycles. The molecule has 4 heteroatoms. The summed E-state index contributed by atoms with van der Waals surface area (Å²) in [6, 6.07) is 7.12. The van der Waals surface area contributed by atoms with E-state index >= 15 is 0 Å². The molecular weight excluding hydrogens is 260 g/mol. The van der Waals surface area contributed by atoms with Crippen molar-refractivity contribution in [1.82, 2.24) is 14.8 Å². The number of hydrogen-bond donors (Lipinski definition) is 2. The molecule has 0 radical (unpaired) electrons. The molecule has 0 bridgehead atoms. The Morgan fingerprint density at radius 3 is 2.67 bits per heavy atom. The molecule has 1 aromatic carbocycles. The Hall–Kier alpha value is -1.36. The van der Waals surface area contributed by atoms with Crippen LogP contribution in [0.3, 0.4) is 0 Å². The fourth-order valence-corrected chi connectivity index (χ4v) is 3.16. The number of benzene rings is 1. The normalized spacial score (nSPS) is 17.0. The molecule has 1 aromatic heterocycles. The maximum atomic E-state index is 5.82. The van der Waals surface area contributed by atoms with Gasteiger partial charge < -0.3 is 15.6 Å². The smallest absolute Gasteiger partial charge is 0.0486 e. The molecule has 0 atom stereocenters.